The smallest absolute Gasteiger partial charge is 0.222 e. The molecular formula is C18H28ClN3O2. The molecule has 1 aromatic rings. The molecule has 1 rings (SSSR count). The van der Waals surface area contributed by atoms with Crippen LogP contribution in [0.4, 0.5) is 0 Å². The summed E-state index contributed by atoms with van der Waals surface area (Å²) in [5.74, 6) is -0.248. The molecule has 2 amide bonds. The van der Waals surface area contributed by atoms with Crippen molar-refractivity contribution in [2.45, 2.75) is 46.2 Å². The summed E-state index contributed by atoms with van der Waals surface area (Å²) in [6.45, 7) is 10.2. The number of hydrogen-bond donors (Lipinski definition) is 2. The van der Waals surface area contributed by atoms with Crippen LogP contribution < -0.4 is 10.6 Å². The molecule has 5 nitrogen and oxygen atoms in total. The number of nitrogens with zero attached hydrogens (tertiary/aromatic N) is 1. The van der Waals surface area contributed by atoms with Crippen molar-refractivity contribution in [1.29, 1.82) is 0 Å². The maximum absolute atomic E-state index is 12.3. The monoisotopic (exact) mass is 353 g/mol. The van der Waals surface area contributed by atoms with Crippen LogP contribution in [-0.2, 0) is 9.59 Å². The van der Waals surface area contributed by atoms with Crippen LogP contribution in [-0.4, -0.2) is 42.4 Å². The zero-order chi connectivity index (χ0) is 18.1. The number of rotatable bonds is 9. The van der Waals surface area contributed by atoms with Gasteiger partial charge in [-0.05, 0) is 37.7 Å². The molecular weight excluding hydrogens is 326 g/mol. The van der Waals surface area contributed by atoms with Crippen molar-refractivity contribution in [2.75, 3.05) is 19.6 Å². The molecule has 2 N–H and O–H groups in total. The van der Waals surface area contributed by atoms with Gasteiger partial charge < -0.3 is 10.6 Å². The number of benzene rings is 1. The summed E-state index contributed by atoms with van der Waals surface area (Å²) in [6, 6.07) is 7.09. The lowest BCUT2D eigenvalue weighted by Crippen LogP contribution is -2.42. The second-order valence-electron chi connectivity index (χ2n) is 5.88. The van der Waals surface area contributed by atoms with Crippen molar-refractivity contribution in [3.8, 4) is 0 Å². The Labute approximate surface area is 149 Å². The summed E-state index contributed by atoms with van der Waals surface area (Å²) < 4.78 is 0. The lowest BCUT2D eigenvalue weighted by molar-refractivity contribution is -0.123. The molecule has 0 aromatic heterocycles. The minimum absolute atomic E-state index is 0.0808. The summed E-state index contributed by atoms with van der Waals surface area (Å²) in [5.41, 5.74) is 0.863. The van der Waals surface area contributed by atoms with Crippen molar-refractivity contribution < 1.29 is 9.59 Å². The molecule has 134 valence electrons. The lowest BCUT2D eigenvalue weighted by atomic mass is 10.0. The van der Waals surface area contributed by atoms with E-state index in [0.717, 1.165) is 18.7 Å². The third kappa shape index (κ3) is 6.89. The predicted molar refractivity (Wildman–Crippen MR) is 98.0 cm³/mol. The van der Waals surface area contributed by atoms with E-state index in [0.29, 0.717) is 11.6 Å². The fraction of sp³-hybridized carbons (Fsp3) is 0.556. The number of likely N-dealkylation sites (N-methyl/N-ethyl adjacent to an activating group) is 1. The van der Waals surface area contributed by atoms with Crippen LogP contribution in [0.25, 0.3) is 0 Å². The van der Waals surface area contributed by atoms with Crippen LogP contribution in [0.1, 0.15) is 45.7 Å². The molecule has 0 saturated heterocycles. The average molecular weight is 354 g/mol. The topological polar surface area (TPSA) is 61.4 Å². The van der Waals surface area contributed by atoms with Crippen molar-refractivity contribution >= 4 is 23.4 Å². The summed E-state index contributed by atoms with van der Waals surface area (Å²) in [6.07, 6.45) is 0.201. The molecule has 0 spiro atoms. The lowest BCUT2D eigenvalue weighted by Gasteiger charge is -2.27. The van der Waals surface area contributed by atoms with Gasteiger partial charge in [0.1, 0.15) is 0 Å². The Hall–Kier alpha value is -1.59. The Bertz CT molecular complexity index is 530. The number of hydrogen-bond acceptors (Lipinski definition) is 3. The van der Waals surface area contributed by atoms with Crippen molar-refractivity contribution in [1.82, 2.24) is 15.5 Å². The van der Waals surface area contributed by atoms with Crippen LogP contribution in [0, 0.1) is 0 Å². The molecule has 6 heteroatoms. The maximum atomic E-state index is 12.3. The van der Waals surface area contributed by atoms with Gasteiger partial charge in [-0.15, -0.1) is 0 Å². The van der Waals surface area contributed by atoms with Gasteiger partial charge in [0, 0.05) is 24.5 Å². The largest absolute Gasteiger partial charge is 0.354 e. The highest BCUT2D eigenvalue weighted by atomic mass is 35.5. The fourth-order valence-electron chi connectivity index (χ4n) is 2.69. The van der Waals surface area contributed by atoms with Gasteiger partial charge in [-0.3, -0.25) is 14.5 Å². The Morgan fingerprint density at radius 3 is 2.25 bits per heavy atom. The SMILES string of the molecule is CCN(CC)C(C)CNC(=O)CC(NC(C)=O)c1ccc(Cl)cc1. The standard InChI is InChI=1S/C18H28ClN3O2/c1-5-22(6-2)13(3)12-20-18(24)11-17(21-14(4)23)15-7-9-16(19)10-8-15/h7-10,13,17H,5-6,11-12H2,1-4H3,(H,20,24)(H,21,23). The molecule has 0 radical (unpaired) electrons. The number of amides is 2. The molecule has 0 aliphatic carbocycles. The van der Waals surface area contributed by atoms with Crippen LogP contribution >= 0.6 is 11.6 Å². The van der Waals surface area contributed by atoms with Crippen molar-refractivity contribution in [2.24, 2.45) is 0 Å². The fourth-order valence-corrected chi connectivity index (χ4v) is 2.81. The van der Waals surface area contributed by atoms with Gasteiger partial charge in [0.2, 0.25) is 11.8 Å². The number of carbonyl (C=O) groups is 2. The summed E-state index contributed by atoms with van der Waals surface area (Å²) in [4.78, 5) is 26.0. The van der Waals surface area contributed by atoms with Gasteiger partial charge in [-0.2, -0.15) is 0 Å². The van der Waals surface area contributed by atoms with E-state index in [1.54, 1.807) is 12.1 Å². The quantitative estimate of drug-likeness (QED) is 0.717. The van der Waals surface area contributed by atoms with E-state index in [1.165, 1.54) is 6.92 Å². The first-order chi connectivity index (χ1) is 11.4. The molecule has 24 heavy (non-hydrogen) atoms. The minimum Gasteiger partial charge on any atom is -0.354 e. The molecule has 2 unspecified atom stereocenters. The number of halogens is 1. The Morgan fingerprint density at radius 2 is 1.75 bits per heavy atom. The van der Waals surface area contributed by atoms with E-state index < -0.39 is 0 Å². The number of carbonyl (C=O) groups excluding carboxylic acids is 2. The first kappa shape index (κ1) is 20.5. The van der Waals surface area contributed by atoms with Gasteiger partial charge in [0.15, 0.2) is 0 Å². The summed E-state index contributed by atoms with van der Waals surface area (Å²) in [5, 5.41) is 6.41. The van der Waals surface area contributed by atoms with Crippen molar-refractivity contribution in [3.05, 3.63) is 34.9 Å². The van der Waals surface area contributed by atoms with Gasteiger partial charge in [-0.1, -0.05) is 37.6 Å². The van der Waals surface area contributed by atoms with E-state index in [9.17, 15) is 9.59 Å². The molecule has 0 aliphatic rings. The van der Waals surface area contributed by atoms with Crippen LogP contribution in [0.15, 0.2) is 24.3 Å². The van der Waals surface area contributed by atoms with Gasteiger partial charge in [-0.25, -0.2) is 0 Å². The van der Waals surface area contributed by atoms with Gasteiger partial charge >= 0.3 is 0 Å². The predicted octanol–water partition coefficient (Wildman–Crippen LogP) is 2.75. The van der Waals surface area contributed by atoms with Gasteiger partial charge in [0.25, 0.3) is 0 Å². The minimum atomic E-state index is -0.358. The highest BCUT2D eigenvalue weighted by Gasteiger charge is 2.18. The van der Waals surface area contributed by atoms with E-state index in [-0.39, 0.29) is 30.3 Å². The first-order valence-corrected chi connectivity index (χ1v) is 8.78. The molecule has 1 aromatic carbocycles. The van der Waals surface area contributed by atoms with E-state index in [4.69, 9.17) is 11.6 Å². The Balaban J connectivity index is 2.64. The molecule has 2 atom stereocenters. The highest BCUT2D eigenvalue weighted by Crippen LogP contribution is 2.19. The maximum Gasteiger partial charge on any atom is 0.222 e. The first-order valence-electron chi connectivity index (χ1n) is 8.40. The van der Waals surface area contributed by atoms with Crippen molar-refractivity contribution in [3.63, 3.8) is 0 Å². The molecule has 0 aliphatic heterocycles. The van der Waals surface area contributed by atoms with Crippen LogP contribution in [0.3, 0.4) is 0 Å². The average Bonchev–Trinajstić information content (AvgIpc) is 2.53. The Kier molecular flexibility index (Phi) is 8.79. The number of nitrogens with one attached hydrogen (secondary N) is 2. The second kappa shape index (κ2) is 10.3. The molecule has 0 bridgehead atoms. The van der Waals surface area contributed by atoms with Crippen LogP contribution in [0.5, 0.6) is 0 Å². The van der Waals surface area contributed by atoms with Crippen LogP contribution in [0.2, 0.25) is 5.02 Å². The second-order valence-corrected chi connectivity index (χ2v) is 6.32. The summed E-state index contributed by atoms with van der Waals surface area (Å²) in [7, 11) is 0. The van der Waals surface area contributed by atoms with E-state index in [1.807, 2.05) is 12.1 Å². The highest BCUT2D eigenvalue weighted by molar-refractivity contribution is 6.30. The molecule has 0 fully saturated rings. The third-order valence-corrected chi connectivity index (χ3v) is 4.32. The van der Waals surface area contributed by atoms with E-state index in [2.05, 4.69) is 36.3 Å². The zero-order valence-electron chi connectivity index (χ0n) is 14.9. The molecule has 0 heterocycles. The summed E-state index contributed by atoms with van der Waals surface area (Å²) >= 11 is 5.90. The zero-order valence-corrected chi connectivity index (χ0v) is 15.7. The third-order valence-electron chi connectivity index (χ3n) is 4.07. The van der Waals surface area contributed by atoms with Gasteiger partial charge in [0.05, 0.1) is 12.5 Å². The van der Waals surface area contributed by atoms with E-state index >= 15 is 0 Å². The Morgan fingerprint density at radius 1 is 1.17 bits per heavy atom. The molecule has 0 saturated carbocycles. The normalized spacial score (nSPS) is 13.4.